The largest absolute Gasteiger partial charge is 0.328 e. The number of hydrogen-bond donors (Lipinski definition) is 2. The molecule has 1 aliphatic heterocycles. The number of hydrogen-bond acceptors (Lipinski definition) is 3. The van der Waals surface area contributed by atoms with E-state index in [2.05, 4.69) is 0 Å². The summed E-state index contributed by atoms with van der Waals surface area (Å²) in [5.74, 6) is -1.44. The minimum absolute atomic E-state index is 0.127. The molecule has 1 heterocycles. The van der Waals surface area contributed by atoms with E-state index in [1.54, 1.807) is 24.3 Å². The van der Waals surface area contributed by atoms with Gasteiger partial charge in [-0.05, 0) is 23.8 Å². The normalized spacial score (nSPS) is 15.4. The Morgan fingerprint density at radius 1 is 1.05 bits per heavy atom. The number of allylic oxidation sites excluding steroid dienone is 2. The van der Waals surface area contributed by atoms with E-state index in [1.807, 2.05) is 16.7 Å². The van der Waals surface area contributed by atoms with Gasteiger partial charge in [-0.15, -0.1) is 0 Å². The lowest BCUT2D eigenvalue weighted by Gasteiger charge is -2.12. The van der Waals surface area contributed by atoms with Gasteiger partial charge >= 0.3 is 6.03 Å². The van der Waals surface area contributed by atoms with Gasteiger partial charge in [0.15, 0.2) is 0 Å². The van der Waals surface area contributed by atoms with Crippen LogP contribution in [0.1, 0.15) is 5.56 Å². The van der Waals surface area contributed by atoms with Crippen molar-refractivity contribution in [3.05, 3.63) is 52.6 Å². The fourth-order valence-electron chi connectivity index (χ4n) is 1.49. The summed E-state index contributed by atoms with van der Waals surface area (Å²) < 4.78 is 0. The fourth-order valence-corrected chi connectivity index (χ4v) is 1.69. The molecule has 0 aromatic heterocycles. The van der Waals surface area contributed by atoms with Crippen LogP contribution in [0.25, 0.3) is 6.08 Å². The molecule has 4 amide bonds. The predicted octanol–water partition coefficient (Wildman–Crippen LogP) is 1.65. The molecule has 1 fully saturated rings. The quantitative estimate of drug-likeness (QED) is 0.637. The van der Waals surface area contributed by atoms with E-state index in [0.29, 0.717) is 5.02 Å². The molecule has 2 rings (SSSR count). The Morgan fingerprint density at radius 2 is 1.74 bits per heavy atom. The summed E-state index contributed by atoms with van der Waals surface area (Å²) in [5, 5.41) is 4.56. The van der Waals surface area contributed by atoms with Crippen molar-refractivity contribution < 1.29 is 14.4 Å². The maximum Gasteiger partial charge on any atom is 0.328 e. The molecule has 0 bridgehead atoms. The van der Waals surface area contributed by atoms with Crippen molar-refractivity contribution in [1.29, 1.82) is 0 Å². The van der Waals surface area contributed by atoms with Crippen molar-refractivity contribution in [2.45, 2.75) is 0 Å². The summed E-state index contributed by atoms with van der Waals surface area (Å²) in [7, 11) is 0. The maximum absolute atomic E-state index is 11.4. The van der Waals surface area contributed by atoms with Crippen LogP contribution >= 0.6 is 11.6 Å². The average molecular weight is 277 g/mol. The highest BCUT2D eigenvalue weighted by molar-refractivity contribution is 6.30. The van der Waals surface area contributed by atoms with Gasteiger partial charge in [0, 0.05) is 5.02 Å². The summed E-state index contributed by atoms with van der Waals surface area (Å²) >= 11 is 5.82. The molecular formula is C13H9ClN2O3. The Morgan fingerprint density at radius 3 is 2.37 bits per heavy atom. The molecule has 0 spiro atoms. The van der Waals surface area contributed by atoms with Crippen molar-refractivity contribution in [3.63, 3.8) is 0 Å². The minimum atomic E-state index is -0.814. The SMILES string of the molecule is O=C1NC(=O)C(=CC=Cc2cccc(Cl)c2)C(=O)N1. The molecule has 2 N–H and O–H groups in total. The summed E-state index contributed by atoms with van der Waals surface area (Å²) in [6.07, 6.45) is 4.56. The van der Waals surface area contributed by atoms with Crippen molar-refractivity contribution in [2.75, 3.05) is 0 Å². The second kappa shape index (κ2) is 5.49. The number of halogens is 1. The summed E-state index contributed by atoms with van der Waals surface area (Å²) in [6, 6.07) is 6.27. The van der Waals surface area contributed by atoms with Crippen LogP contribution in [0, 0.1) is 0 Å². The van der Waals surface area contributed by atoms with Gasteiger partial charge in [0.1, 0.15) is 5.57 Å². The number of barbiturate groups is 1. The molecule has 0 atom stereocenters. The van der Waals surface area contributed by atoms with Crippen LogP contribution in [0.3, 0.4) is 0 Å². The number of imide groups is 2. The van der Waals surface area contributed by atoms with Crippen LogP contribution in [-0.4, -0.2) is 17.8 Å². The third-order valence-electron chi connectivity index (χ3n) is 2.34. The van der Waals surface area contributed by atoms with Crippen molar-refractivity contribution in [1.82, 2.24) is 10.6 Å². The third kappa shape index (κ3) is 3.29. The van der Waals surface area contributed by atoms with Gasteiger partial charge in [0.05, 0.1) is 0 Å². The molecule has 1 aromatic rings. The van der Waals surface area contributed by atoms with E-state index in [1.165, 1.54) is 12.2 Å². The van der Waals surface area contributed by atoms with Crippen molar-refractivity contribution >= 4 is 35.5 Å². The predicted molar refractivity (Wildman–Crippen MR) is 70.3 cm³/mol. The van der Waals surface area contributed by atoms with Gasteiger partial charge in [0.25, 0.3) is 11.8 Å². The first-order valence-electron chi connectivity index (χ1n) is 5.37. The summed E-state index contributed by atoms with van der Waals surface area (Å²) in [4.78, 5) is 33.6. The maximum atomic E-state index is 11.4. The van der Waals surface area contributed by atoms with E-state index in [-0.39, 0.29) is 5.57 Å². The van der Waals surface area contributed by atoms with E-state index in [9.17, 15) is 14.4 Å². The van der Waals surface area contributed by atoms with Gasteiger partial charge in [-0.1, -0.05) is 35.9 Å². The molecule has 1 aliphatic rings. The zero-order valence-corrected chi connectivity index (χ0v) is 10.4. The Bertz CT molecular complexity index is 598. The van der Waals surface area contributed by atoms with Gasteiger partial charge in [-0.3, -0.25) is 20.2 Å². The number of amides is 4. The van der Waals surface area contributed by atoms with Crippen molar-refractivity contribution in [2.24, 2.45) is 0 Å². The number of carbonyl (C=O) groups excluding carboxylic acids is 3. The molecular weight excluding hydrogens is 268 g/mol. The minimum Gasteiger partial charge on any atom is -0.273 e. The zero-order chi connectivity index (χ0) is 13.8. The average Bonchev–Trinajstić information content (AvgIpc) is 2.32. The highest BCUT2D eigenvalue weighted by atomic mass is 35.5. The molecule has 0 radical (unpaired) electrons. The highest BCUT2D eigenvalue weighted by Crippen LogP contribution is 2.12. The first-order chi connectivity index (χ1) is 9.06. The molecule has 1 saturated heterocycles. The lowest BCUT2D eigenvalue weighted by molar-refractivity contribution is -0.124. The Balaban J connectivity index is 2.16. The van der Waals surface area contributed by atoms with E-state index < -0.39 is 17.8 Å². The Kier molecular flexibility index (Phi) is 3.77. The number of benzene rings is 1. The number of urea groups is 1. The number of nitrogens with one attached hydrogen (secondary N) is 2. The van der Waals surface area contributed by atoms with Crippen molar-refractivity contribution in [3.8, 4) is 0 Å². The lowest BCUT2D eigenvalue weighted by Crippen LogP contribution is -2.51. The van der Waals surface area contributed by atoms with E-state index >= 15 is 0 Å². The smallest absolute Gasteiger partial charge is 0.273 e. The lowest BCUT2D eigenvalue weighted by atomic mass is 10.1. The first kappa shape index (κ1) is 13.0. The molecule has 96 valence electrons. The highest BCUT2D eigenvalue weighted by Gasteiger charge is 2.26. The zero-order valence-electron chi connectivity index (χ0n) is 9.64. The third-order valence-corrected chi connectivity index (χ3v) is 2.58. The summed E-state index contributed by atoms with van der Waals surface area (Å²) in [6.45, 7) is 0. The monoisotopic (exact) mass is 276 g/mol. The molecule has 0 aliphatic carbocycles. The summed E-state index contributed by atoms with van der Waals surface area (Å²) in [5.41, 5.74) is 0.704. The first-order valence-corrected chi connectivity index (χ1v) is 5.74. The van der Waals surface area contributed by atoms with Crippen LogP contribution < -0.4 is 10.6 Å². The Hall–Kier alpha value is -2.40. The van der Waals surface area contributed by atoms with Gasteiger partial charge in [-0.2, -0.15) is 0 Å². The molecule has 6 heteroatoms. The van der Waals surface area contributed by atoms with Crippen LogP contribution in [-0.2, 0) is 9.59 Å². The van der Waals surface area contributed by atoms with Gasteiger partial charge in [0.2, 0.25) is 0 Å². The molecule has 5 nitrogen and oxygen atoms in total. The standard InChI is InChI=1S/C13H9ClN2O3/c14-9-5-1-3-8(7-9)4-2-6-10-11(17)15-13(19)16-12(10)18/h1-7H,(H2,15,16,17,18,19). The van der Waals surface area contributed by atoms with Crippen LogP contribution in [0.15, 0.2) is 42.0 Å². The van der Waals surface area contributed by atoms with Crippen LogP contribution in [0.2, 0.25) is 5.02 Å². The van der Waals surface area contributed by atoms with Gasteiger partial charge in [-0.25, -0.2) is 4.79 Å². The van der Waals surface area contributed by atoms with E-state index in [4.69, 9.17) is 11.6 Å². The fraction of sp³-hybridized carbons (Fsp3) is 0. The van der Waals surface area contributed by atoms with Crippen LogP contribution in [0.4, 0.5) is 4.79 Å². The molecule has 0 saturated carbocycles. The Labute approximate surface area is 113 Å². The molecule has 19 heavy (non-hydrogen) atoms. The molecule has 1 aromatic carbocycles. The topological polar surface area (TPSA) is 75.3 Å². The van der Waals surface area contributed by atoms with E-state index in [0.717, 1.165) is 5.56 Å². The second-order valence-corrected chi connectivity index (χ2v) is 4.17. The molecule has 0 unspecified atom stereocenters. The number of rotatable bonds is 2. The van der Waals surface area contributed by atoms with Crippen LogP contribution in [0.5, 0.6) is 0 Å². The second-order valence-electron chi connectivity index (χ2n) is 3.73. The van der Waals surface area contributed by atoms with Gasteiger partial charge < -0.3 is 0 Å². The number of carbonyl (C=O) groups is 3.